The van der Waals surface area contributed by atoms with Crippen molar-refractivity contribution in [3.05, 3.63) is 64.1 Å². The molecular weight excluding hydrogens is 446 g/mol. The summed E-state index contributed by atoms with van der Waals surface area (Å²) in [5.74, 6) is -1.33. The Hall–Kier alpha value is -3.59. The van der Waals surface area contributed by atoms with E-state index in [1.54, 1.807) is 50.2 Å². The predicted molar refractivity (Wildman–Crippen MR) is 123 cm³/mol. The van der Waals surface area contributed by atoms with Gasteiger partial charge in [-0.05, 0) is 68.4 Å². The summed E-state index contributed by atoms with van der Waals surface area (Å²) < 4.78 is 15.8. The SMILES string of the molecule is COc1ccc(/C=C2\SC(=O)N(CC(=O)OC(C)C)C2=O)cc1OC(=O)c1ccc(C)cc1. The largest absolute Gasteiger partial charge is 0.493 e. The minimum absolute atomic E-state index is 0.137. The van der Waals surface area contributed by atoms with Crippen LogP contribution in [-0.2, 0) is 14.3 Å². The van der Waals surface area contributed by atoms with Crippen molar-refractivity contribution in [2.24, 2.45) is 0 Å². The van der Waals surface area contributed by atoms with Gasteiger partial charge in [0.05, 0.1) is 23.7 Å². The average molecular weight is 470 g/mol. The molecule has 8 nitrogen and oxygen atoms in total. The highest BCUT2D eigenvalue weighted by atomic mass is 32.2. The van der Waals surface area contributed by atoms with Gasteiger partial charge in [-0.15, -0.1) is 0 Å². The molecule has 0 aromatic heterocycles. The minimum Gasteiger partial charge on any atom is -0.493 e. The molecule has 2 aromatic rings. The van der Waals surface area contributed by atoms with Gasteiger partial charge >= 0.3 is 11.9 Å². The van der Waals surface area contributed by atoms with Crippen molar-refractivity contribution in [1.29, 1.82) is 0 Å². The highest BCUT2D eigenvalue weighted by Gasteiger charge is 2.36. The molecule has 9 heteroatoms. The summed E-state index contributed by atoms with van der Waals surface area (Å²) in [4.78, 5) is 50.2. The standard InChI is InChI=1S/C24H23NO7S/c1-14(2)31-21(26)13-25-22(27)20(33-24(25)29)12-16-7-10-18(30-4)19(11-16)32-23(28)17-8-5-15(3)6-9-17/h5-12,14H,13H2,1-4H3/b20-12-. The zero-order valence-electron chi connectivity index (χ0n) is 18.6. The first-order valence-electron chi connectivity index (χ1n) is 10.1. The molecule has 33 heavy (non-hydrogen) atoms. The molecule has 0 radical (unpaired) electrons. The van der Waals surface area contributed by atoms with Gasteiger partial charge in [-0.25, -0.2) is 4.79 Å². The number of aryl methyl sites for hydroxylation is 1. The van der Waals surface area contributed by atoms with E-state index in [0.717, 1.165) is 22.2 Å². The number of amides is 2. The summed E-state index contributed by atoms with van der Waals surface area (Å²) in [6.07, 6.45) is 1.13. The van der Waals surface area contributed by atoms with Crippen LogP contribution in [0, 0.1) is 6.92 Å². The maximum absolute atomic E-state index is 12.6. The second-order valence-corrected chi connectivity index (χ2v) is 8.47. The summed E-state index contributed by atoms with van der Waals surface area (Å²) in [7, 11) is 1.44. The van der Waals surface area contributed by atoms with Crippen LogP contribution in [0.15, 0.2) is 47.4 Å². The number of nitrogens with zero attached hydrogens (tertiary/aromatic N) is 1. The van der Waals surface area contributed by atoms with E-state index in [-0.39, 0.29) is 16.8 Å². The molecule has 2 aromatic carbocycles. The van der Waals surface area contributed by atoms with Gasteiger partial charge in [0.15, 0.2) is 11.5 Å². The third-order valence-electron chi connectivity index (χ3n) is 4.50. The number of imide groups is 1. The van der Waals surface area contributed by atoms with E-state index in [0.29, 0.717) is 16.9 Å². The molecule has 0 aliphatic carbocycles. The molecule has 1 aliphatic heterocycles. The Kier molecular flexibility index (Phi) is 7.55. The van der Waals surface area contributed by atoms with Crippen LogP contribution >= 0.6 is 11.8 Å². The summed E-state index contributed by atoms with van der Waals surface area (Å²) in [5.41, 5.74) is 1.90. The van der Waals surface area contributed by atoms with Gasteiger partial charge in [-0.2, -0.15) is 0 Å². The zero-order valence-corrected chi connectivity index (χ0v) is 19.4. The van der Waals surface area contributed by atoms with E-state index in [1.165, 1.54) is 19.3 Å². The van der Waals surface area contributed by atoms with Gasteiger partial charge in [-0.3, -0.25) is 19.3 Å². The number of thioether (sulfide) groups is 1. The molecule has 2 amide bonds. The van der Waals surface area contributed by atoms with Crippen LogP contribution in [-0.4, -0.2) is 47.7 Å². The van der Waals surface area contributed by atoms with E-state index < -0.39 is 29.6 Å². The number of methoxy groups -OCH3 is 1. The lowest BCUT2D eigenvalue weighted by Gasteiger charge is -2.13. The number of hydrogen-bond donors (Lipinski definition) is 0. The topological polar surface area (TPSA) is 99.2 Å². The summed E-state index contributed by atoms with van der Waals surface area (Å²) in [6, 6.07) is 11.7. The van der Waals surface area contributed by atoms with E-state index in [9.17, 15) is 19.2 Å². The lowest BCUT2D eigenvalue weighted by Crippen LogP contribution is -2.35. The predicted octanol–water partition coefficient (Wildman–Crippen LogP) is 4.21. The Morgan fingerprint density at radius 1 is 1.06 bits per heavy atom. The number of carbonyl (C=O) groups is 4. The molecular formula is C24H23NO7S. The Morgan fingerprint density at radius 2 is 1.76 bits per heavy atom. The fourth-order valence-electron chi connectivity index (χ4n) is 2.93. The molecule has 3 rings (SSSR count). The van der Waals surface area contributed by atoms with Crippen molar-refractivity contribution in [3.8, 4) is 11.5 Å². The number of carbonyl (C=O) groups excluding carboxylic acids is 4. The zero-order chi connectivity index (χ0) is 24.1. The molecule has 0 spiro atoms. The molecule has 0 bridgehead atoms. The second-order valence-electron chi connectivity index (χ2n) is 7.47. The van der Waals surface area contributed by atoms with Crippen LogP contribution in [0.1, 0.15) is 35.3 Å². The number of rotatable bonds is 7. The Morgan fingerprint density at radius 3 is 2.39 bits per heavy atom. The molecule has 0 saturated carbocycles. The van der Waals surface area contributed by atoms with Gasteiger partial charge in [0, 0.05) is 0 Å². The number of benzene rings is 2. The number of ether oxygens (including phenoxy) is 3. The van der Waals surface area contributed by atoms with Crippen molar-refractivity contribution in [2.75, 3.05) is 13.7 Å². The maximum Gasteiger partial charge on any atom is 0.343 e. The van der Waals surface area contributed by atoms with Crippen molar-refractivity contribution >= 4 is 40.9 Å². The fraction of sp³-hybridized carbons (Fsp3) is 0.250. The molecule has 1 heterocycles. The van der Waals surface area contributed by atoms with Gasteiger partial charge in [0.1, 0.15) is 6.54 Å². The van der Waals surface area contributed by atoms with Gasteiger partial charge in [-0.1, -0.05) is 23.8 Å². The van der Waals surface area contributed by atoms with E-state index in [4.69, 9.17) is 14.2 Å². The quantitative estimate of drug-likeness (QED) is 0.338. The third-order valence-corrected chi connectivity index (χ3v) is 5.41. The van der Waals surface area contributed by atoms with Gasteiger partial charge in [0.2, 0.25) is 0 Å². The highest BCUT2D eigenvalue weighted by Crippen LogP contribution is 2.34. The smallest absolute Gasteiger partial charge is 0.343 e. The van der Waals surface area contributed by atoms with Crippen molar-refractivity contribution in [3.63, 3.8) is 0 Å². The lowest BCUT2D eigenvalue weighted by molar-refractivity contribution is -0.149. The highest BCUT2D eigenvalue weighted by molar-refractivity contribution is 8.18. The van der Waals surface area contributed by atoms with Crippen LogP contribution in [0.4, 0.5) is 4.79 Å². The molecule has 0 N–H and O–H groups in total. The first-order chi connectivity index (χ1) is 15.7. The van der Waals surface area contributed by atoms with Crippen LogP contribution in [0.2, 0.25) is 0 Å². The van der Waals surface area contributed by atoms with Crippen LogP contribution in [0.5, 0.6) is 11.5 Å². The second kappa shape index (κ2) is 10.4. The monoisotopic (exact) mass is 469 g/mol. The average Bonchev–Trinajstić information content (AvgIpc) is 3.01. The van der Waals surface area contributed by atoms with Crippen molar-refractivity contribution in [2.45, 2.75) is 26.9 Å². The third kappa shape index (κ3) is 6.01. The van der Waals surface area contributed by atoms with Crippen molar-refractivity contribution < 1.29 is 33.4 Å². The summed E-state index contributed by atoms with van der Waals surface area (Å²) in [5, 5.41) is -0.563. The van der Waals surface area contributed by atoms with E-state index in [1.807, 2.05) is 6.92 Å². The molecule has 1 aliphatic rings. The van der Waals surface area contributed by atoms with Crippen molar-refractivity contribution in [1.82, 2.24) is 4.90 Å². The van der Waals surface area contributed by atoms with Gasteiger partial charge in [0.25, 0.3) is 11.1 Å². The number of esters is 2. The fourth-order valence-corrected chi connectivity index (χ4v) is 3.77. The van der Waals surface area contributed by atoms with Gasteiger partial charge < -0.3 is 14.2 Å². The molecule has 0 unspecified atom stereocenters. The normalized spacial score (nSPS) is 14.7. The van der Waals surface area contributed by atoms with Crippen LogP contribution < -0.4 is 9.47 Å². The maximum atomic E-state index is 12.6. The Labute approximate surface area is 195 Å². The minimum atomic E-state index is -0.664. The first kappa shape index (κ1) is 24.1. The number of hydrogen-bond acceptors (Lipinski definition) is 8. The molecule has 1 fully saturated rings. The Balaban J connectivity index is 1.80. The van der Waals surface area contributed by atoms with E-state index in [2.05, 4.69) is 0 Å². The lowest BCUT2D eigenvalue weighted by atomic mass is 10.1. The van der Waals surface area contributed by atoms with Crippen LogP contribution in [0.25, 0.3) is 6.08 Å². The molecule has 1 saturated heterocycles. The van der Waals surface area contributed by atoms with E-state index >= 15 is 0 Å². The summed E-state index contributed by atoms with van der Waals surface area (Å²) >= 11 is 0.717. The first-order valence-corrected chi connectivity index (χ1v) is 10.9. The summed E-state index contributed by atoms with van der Waals surface area (Å²) in [6.45, 7) is 4.82. The van der Waals surface area contributed by atoms with Crippen LogP contribution in [0.3, 0.4) is 0 Å². The Bertz CT molecular complexity index is 1120. The molecule has 0 atom stereocenters. The molecule has 172 valence electrons.